The predicted octanol–water partition coefficient (Wildman–Crippen LogP) is 2.36. The number of likely N-dealkylation sites (tertiary alicyclic amines) is 1. The molecule has 112 valence electrons. The maximum absolute atomic E-state index is 5.99. The summed E-state index contributed by atoms with van der Waals surface area (Å²) in [7, 11) is 0. The molecule has 2 rings (SSSR count). The highest BCUT2D eigenvalue weighted by Crippen LogP contribution is 2.18. The molecule has 0 aromatic carbocycles. The Bertz CT molecular complexity index is 403. The van der Waals surface area contributed by atoms with Crippen molar-refractivity contribution < 1.29 is 4.74 Å². The second-order valence-corrected chi connectivity index (χ2v) is 5.51. The minimum atomic E-state index is 0.768. The molecule has 1 aliphatic heterocycles. The quantitative estimate of drug-likeness (QED) is 0.740. The first kappa shape index (κ1) is 15.3. The summed E-state index contributed by atoms with van der Waals surface area (Å²) in [5.74, 6) is 0.986. The van der Waals surface area contributed by atoms with Crippen LogP contribution in [0.4, 0.5) is 0 Å². The van der Waals surface area contributed by atoms with Gasteiger partial charge in [0.15, 0.2) is 0 Å². The Balaban J connectivity index is 1.85. The van der Waals surface area contributed by atoms with Gasteiger partial charge < -0.3 is 10.1 Å². The first-order valence-corrected chi connectivity index (χ1v) is 7.81. The SMILES string of the molecule is CCCNCc1cnc(C)cc1OCCN1CCCC1. The minimum Gasteiger partial charge on any atom is -0.492 e. The molecule has 1 aliphatic rings. The molecule has 4 heteroatoms. The van der Waals surface area contributed by atoms with E-state index >= 15 is 0 Å². The maximum Gasteiger partial charge on any atom is 0.127 e. The van der Waals surface area contributed by atoms with Crippen LogP contribution >= 0.6 is 0 Å². The summed E-state index contributed by atoms with van der Waals surface area (Å²) in [6.45, 7) is 10.3. The molecule has 0 radical (unpaired) electrons. The van der Waals surface area contributed by atoms with Crippen LogP contribution < -0.4 is 10.1 Å². The van der Waals surface area contributed by atoms with E-state index in [0.717, 1.165) is 49.7 Å². The molecule has 1 aromatic heterocycles. The number of ether oxygens (including phenoxy) is 1. The molecule has 0 amide bonds. The summed E-state index contributed by atoms with van der Waals surface area (Å²) in [6.07, 6.45) is 5.74. The average Bonchev–Trinajstić information content (AvgIpc) is 2.94. The van der Waals surface area contributed by atoms with Gasteiger partial charge >= 0.3 is 0 Å². The lowest BCUT2D eigenvalue weighted by Crippen LogP contribution is -2.25. The van der Waals surface area contributed by atoms with Crippen LogP contribution in [0, 0.1) is 6.92 Å². The van der Waals surface area contributed by atoms with Crippen molar-refractivity contribution in [1.29, 1.82) is 0 Å². The maximum atomic E-state index is 5.99. The average molecular weight is 277 g/mol. The highest BCUT2D eigenvalue weighted by Gasteiger charge is 2.11. The van der Waals surface area contributed by atoms with E-state index in [1.54, 1.807) is 0 Å². The molecule has 0 bridgehead atoms. The molecule has 1 aromatic rings. The number of aryl methyl sites for hydroxylation is 1. The van der Waals surface area contributed by atoms with Gasteiger partial charge in [0.05, 0.1) is 0 Å². The number of hydrogen-bond acceptors (Lipinski definition) is 4. The first-order valence-electron chi connectivity index (χ1n) is 7.81. The van der Waals surface area contributed by atoms with Crippen LogP contribution in [0.2, 0.25) is 0 Å². The van der Waals surface area contributed by atoms with Crippen molar-refractivity contribution in [2.45, 2.75) is 39.7 Å². The molecule has 4 nitrogen and oxygen atoms in total. The molecule has 0 saturated carbocycles. The van der Waals surface area contributed by atoms with Crippen LogP contribution in [-0.4, -0.2) is 42.7 Å². The number of nitrogens with zero attached hydrogens (tertiary/aromatic N) is 2. The largest absolute Gasteiger partial charge is 0.492 e. The highest BCUT2D eigenvalue weighted by atomic mass is 16.5. The summed E-state index contributed by atoms with van der Waals surface area (Å²) < 4.78 is 5.99. The van der Waals surface area contributed by atoms with Crippen LogP contribution in [0.1, 0.15) is 37.4 Å². The van der Waals surface area contributed by atoms with Gasteiger partial charge in [-0.25, -0.2) is 0 Å². The lowest BCUT2D eigenvalue weighted by atomic mass is 10.2. The van der Waals surface area contributed by atoms with E-state index in [-0.39, 0.29) is 0 Å². The summed E-state index contributed by atoms with van der Waals surface area (Å²) in [6, 6.07) is 2.05. The molecular weight excluding hydrogens is 250 g/mol. The standard InChI is InChI=1S/C16H27N3O/c1-3-6-17-12-15-13-18-14(2)11-16(15)20-10-9-19-7-4-5-8-19/h11,13,17H,3-10,12H2,1-2H3. The van der Waals surface area contributed by atoms with E-state index in [9.17, 15) is 0 Å². The van der Waals surface area contributed by atoms with Crippen molar-refractivity contribution >= 4 is 0 Å². The van der Waals surface area contributed by atoms with Crippen molar-refractivity contribution in [3.05, 3.63) is 23.5 Å². The van der Waals surface area contributed by atoms with Crippen LogP contribution in [0.25, 0.3) is 0 Å². The Hall–Kier alpha value is -1.13. The third-order valence-corrected chi connectivity index (χ3v) is 3.69. The molecule has 1 saturated heterocycles. The molecule has 1 fully saturated rings. The fourth-order valence-electron chi connectivity index (χ4n) is 2.52. The Morgan fingerprint density at radius 2 is 2.15 bits per heavy atom. The van der Waals surface area contributed by atoms with E-state index in [2.05, 4.69) is 22.1 Å². The molecule has 20 heavy (non-hydrogen) atoms. The number of hydrogen-bond donors (Lipinski definition) is 1. The van der Waals surface area contributed by atoms with Crippen molar-refractivity contribution in [3.8, 4) is 5.75 Å². The smallest absolute Gasteiger partial charge is 0.127 e. The molecule has 2 heterocycles. The van der Waals surface area contributed by atoms with Crippen molar-refractivity contribution in [3.63, 3.8) is 0 Å². The van der Waals surface area contributed by atoms with Crippen LogP contribution in [0.15, 0.2) is 12.3 Å². The zero-order valence-electron chi connectivity index (χ0n) is 12.8. The van der Waals surface area contributed by atoms with Gasteiger partial charge in [-0.2, -0.15) is 0 Å². The van der Waals surface area contributed by atoms with Crippen LogP contribution in [-0.2, 0) is 6.54 Å². The first-order chi connectivity index (χ1) is 9.79. The van der Waals surface area contributed by atoms with Crippen LogP contribution in [0.3, 0.4) is 0 Å². The summed E-state index contributed by atoms with van der Waals surface area (Å²) in [4.78, 5) is 6.85. The summed E-state index contributed by atoms with van der Waals surface area (Å²) in [5, 5.41) is 3.41. The lowest BCUT2D eigenvalue weighted by Gasteiger charge is -2.17. The second kappa shape index (κ2) is 8.22. The van der Waals surface area contributed by atoms with Gasteiger partial charge in [0.2, 0.25) is 0 Å². The van der Waals surface area contributed by atoms with Crippen LogP contribution in [0.5, 0.6) is 5.75 Å². The van der Waals surface area contributed by atoms with E-state index in [1.807, 2.05) is 19.2 Å². The monoisotopic (exact) mass is 277 g/mol. The zero-order valence-corrected chi connectivity index (χ0v) is 12.8. The van der Waals surface area contributed by atoms with Gasteiger partial charge in [0.1, 0.15) is 12.4 Å². The van der Waals surface area contributed by atoms with Crippen molar-refractivity contribution in [2.75, 3.05) is 32.8 Å². The lowest BCUT2D eigenvalue weighted by molar-refractivity contribution is 0.236. The molecule has 0 spiro atoms. The van der Waals surface area contributed by atoms with E-state index in [4.69, 9.17) is 4.74 Å². The van der Waals surface area contributed by atoms with Crippen molar-refractivity contribution in [1.82, 2.24) is 15.2 Å². The fourth-order valence-corrected chi connectivity index (χ4v) is 2.52. The molecule has 0 aliphatic carbocycles. The Labute approximate surface area is 122 Å². The van der Waals surface area contributed by atoms with Crippen molar-refractivity contribution in [2.24, 2.45) is 0 Å². The Morgan fingerprint density at radius 1 is 1.35 bits per heavy atom. The van der Waals surface area contributed by atoms with Gasteiger partial charge in [-0.3, -0.25) is 9.88 Å². The van der Waals surface area contributed by atoms with Gasteiger partial charge in [0, 0.05) is 36.6 Å². The number of pyridine rings is 1. The molecule has 1 N–H and O–H groups in total. The molecule has 0 unspecified atom stereocenters. The topological polar surface area (TPSA) is 37.4 Å². The fraction of sp³-hybridized carbons (Fsp3) is 0.688. The molecular formula is C16H27N3O. The minimum absolute atomic E-state index is 0.768. The van der Waals surface area contributed by atoms with E-state index in [0.29, 0.717) is 0 Å². The van der Waals surface area contributed by atoms with E-state index < -0.39 is 0 Å². The Kier molecular flexibility index (Phi) is 6.27. The predicted molar refractivity (Wildman–Crippen MR) is 82.1 cm³/mol. The van der Waals surface area contributed by atoms with Gasteiger partial charge in [-0.15, -0.1) is 0 Å². The Morgan fingerprint density at radius 3 is 2.90 bits per heavy atom. The van der Waals surface area contributed by atoms with E-state index in [1.165, 1.54) is 25.9 Å². The summed E-state index contributed by atoms with van der Waals surface area (Å²) >= 11 is 0. The normalized spacial score (nSPS) is 15.7. The third-order valence-electron chi connectivity index (χ3n) is 3.69. The zero-order chi connectivity index (χ0) is 14.2. The summed E-state index contributed by atoms with van der Waals surface area (Å²) in [5.41, 5.74) is 2.17. The second-order valence-electron chi connectivity index (χ2n) is 5.51. The van der Waals surface area contributed by atoms with Gasteiger partial charge in [-0.1, -0.05) is 6.92 Å². The highest BCUT2D eigenvalue weighted by molar-refractivity contribution is 5.32. The van der Waals surface area contributed by atoms with Gasteiger partial charge in [-0.05, 0) is 45.8 Å². The van der Waals surface area contributed by atoms with Gasteiger partial charge in [0.25, 0.3) is 0 Å². The number of aromatic nitrogens is 1. The number of nitrogens with one attached hydrogen (secondary N) is 1. The molecule has 0 atom stereocenters. The number of rotatable bonds is 8. The third kappa shape index (κ3) is 4.76.